The first-order chi connectivity index (χ1) is 13.2. The molecule has 0 bridgehead atoms. The number of nitrogens with zero attached hydrogens (tertiary/aromatic N) is 2. The molecule has 1 aliphatic rings. The zero-order valence-electron chi connectivity index (χ0n) is 14.5. The topological polar surface area (TPSA) is 54.6 Å². The minimum Gasteiger partial charge on any atom is -0.494 e. The van der Waals surface area contributed by atoms with E-state index in [1.165, 1.54) is 0 Å². The Morgan fingerprint density at radius 2 is 1.56 bits per heavy atom. The molecule has 1 N–H and O–H groups in total. The highest BCUT2D eigenvalue weighted by Crippen LogP contribution is 2.36. The van der Waals surface area contributed by atoms with Gasteiger partial charge >= 0.3 is 0 Å². The molecule has 5 rings (SSSR count). The first-order valence-corrected chi connectivity index (χ1v) is 8.81. The Bertz CT molecular complexity index is 1320. The van der Waals surface area contributed by atoms with E-state index in [1.807, 2.05) is 83.4 Å². The maximum absolute atomic E-state index is 12.7. The van der Waals surface area contributed by atoms with E-state index in [1.54, 1.807) is 0 Å². The van der Waals surface area contributed by atoms with Gasteiger partial charge in [0.25, 0.3) is 5.91 Å². The van der Waals surface area contributed by atoms with Crippen LogP contribution in [0.3, 0.4) is 0 Å². The van der Waals surface area contributed by atoms with Crippen LogP contribution in [0, 0.1) is 0 Å². The van der Waals surface area contributed by atoms with Crippen molar-refractivity contribution >= 4 is 22.4 Å². The second kappa shape index (κ2) is 5.95. The number of benzene rings is 3. The van der Waals surface area contributed by atoms with Crippen LogP contribution in [0.1, 0.15) is 11.1 Å². The first kappa shape index (κ1) is 15.6. The van der Waals surface area contributed by atoms with Gasteiger partial charge in [-0.25, -0.2) is 4.99 Å². The van der Waals surface area contributed by atoms with Crippen LogP contribution in [-0.2, 0) is 11.3 Å². The molecule has 1 amide bonds. The molecule has 0 aliphatic carbocycles. The largest absolute Gasteiger partial charge is 0.494 e. The van der Waals surface area contributed by atoms with Crippen molar-refractivity contribution in [1.29, 1.82) is 0 Å². The lowest BCUT2D eigenvalue weighted by atomic mass is 10.0. The molecule has 0 fully saturated rings. The number of carbonyl (C=O) groups excluding carboxylic acids is 1. The van der Waals surface area contributed by atoms with E-state index in [4.69, 9.17) is 0 Å². The average Bonchev–Trinajstić information content (AvgIpc) is 3.16. The number of fused-ring (bicyclic) bond motifs is 2. The van der Waals surface area contributed by atoms with Crippen LogP contribution < -0.4 is 10.6 Å². The number of para-hydroxylation sites is 2. The summed E-state index contributed by atoms with van der Waals surface area (Å²) in [6.45, 7) is 0.521. The highest BCUT2D eigenvalue weighted by atomic mass is 16.3. The number of carbonyl (C=O) groups is 1. The fourth-order valence-corrected chi connectivity index (χ4v) is 3.77. The van der Waals surface area contributed by atoms with Gasteiger partial charge in [-0.3, -0.25) is 4.79 Å². The van der Waals surface area contributed by atoms with E-state index in [2.05, 4.69) is 4.99 Å². The highest BCUT2D eigenvalue weighted by molar-refractivity contribution is 6.24. The molecular formula is C23H16N2O2. The Balaban J connectivity index is 1.82. The highest BCUT2D eigenvalue weighted by Gasteiger charge is 2.26. The van der Waals surface area contributed by atoms with Crippen molar-refractivity contribution < 1.29 is 9.90 Å². The number of hydrogen-bond donors (Lipinski definition) is 1. The SMILES string of the molecule is O=C1N=c2ccccc2=C1c1c(O)n(Cc2ccccc2)c2ccccc12. The summed E-state index contributed by atoms with van der Waals surface area (Å²) in [6, 6.07) is 25.2. The fraction of sp³-hybridized carbons (Fsp3) is 0.0435. The molecule has 4 nitrogen and oxygen atoms in total. The summed E-state index contributed by atoms with van der Waals surface area (Å²) < 4.78 is 1.85. The Kier molecular flexibility index (Phi) is 3.44. The molecule has 27 heavy (non-hydrogen) atoms. The van der Waals surface area contributed by atoms with Crippen LogP contribution in [0.25, 0.3) is 16.5 Å². The predicted molar refractivity (Wildman–Crippen MR) is 104 cm³/mol. The van der Waals surface area contributed by atoms with Crippen molar-refractivity contribution in [2.24, 2.45) is 4.99 Å². The molecule has 130 valence electrons. The molecule has 3 aromatic carbocycles. The number of aromatic nitrogens is 1. The van der Waals surface area contributed by atoms with Gasteiger partial charge in [-0.1, -0.05) is 66.7 Å². The normalized spacial score (nSPS) is 13.0. The Morgan fingerprint density at radius 3 is 2.41 bits per heavy atom. The number of aromatic hydroxyl groups is 1. The van der Waals surface area contributed by atoms with Gasteiger partial charge in [0, 0.05) is 10.6 Å². The summed E-state index contributed by atoms with van der Waals surface area (Å²) >= 11 is 0. The van der Waals surface area contributed by atoms with Gasteiger partial charge in [-0.2, -0.15) is 0 Å². The third kappa shape index (κ3) is 2.38. The molecule has 4 heteroatoms. The van der Waals surface area contributed by atoms with Gasteiger partial charge in [0.15, 0.2) is 0 Å². The van der Waals surface area contributed by atoms with Crippen LogP contribution in [0.4, 0.5) is 0 Å². The van der Waals surface area contributed by atoms with Crippen LogP contribution in [-0.4, -0.2) is 15.6 Å². The minimum absolute atomic E-state index is 0.0929. The molecule has 2 heterocycles. The standard InChI is InChI=1S/C23H16N2O2/c26-22-20(16-10-4-6-12-18(16)24-22)21-17-11-5-7-13-19(17)25(23(21)27)14-15-8-2-1-3-9-15/h1-13,27H,14H2. The maximum Gasteiger partial charge on any atom is 0.279 e. The van der Waals surface area contributed by atoms with E-state index in [0.717, 1.165) is 21.7 Å². The van der Waals surface area contributed by atoms with Crippen molar-refractivity contribution in [2.45, 2.75) is 6.54 Å². The van der Waals surface area contributed by atoms with Crippen molar-refractivity contribution in [3.63, 3.8) is 0 Å². The van der Waals surface area contributed by atoms with Crippen LogP contribution in [0.2, 0.25) is 0 Å². The van der Waals surface area contributed by atoms with Crippen molar-refractivity contribution in [2.75, 3.05) is 0 Å². The molecule has 0 saturated carbocycles. The molecule has 0 atom stereocenters. The molecule has 0 unspecified atom stereocenters. The molecule has 4 aromatic rings. The van der Waals surface area contributed by atoms with Crippen molar-refractivity contribution in [3.8, 4) is 5.88 Å². The van der Waals surface area contributed by atoms with E-state index in [0.29, 0.717) is 23.0 Å². The summed E-state index contributed by atoms with van der Waals surface area (Å²) in [5.74, 6) is -0.218. The smallest absolute Gasteiger partial charge is 0.279 e. The number of rotatable bonds is 3. The summed E-state index contributed by atoms with van der Waals surface area (Å²) in [5.41, 5.74) is 2.98. The molecule has 1 aromatic heterocycles. The monoisotopic (exact) mass is 352 g/mol. The third-order valence-electron chi connectivity index (χ3n) is 4.99. The Morgan fingerprint density at radius 1 is 0.852 bits per heavy atom. The number of amides is 1. The fourth-order valence-electron chi connectivity index (χ4n) is 3.77. The van der Waals surface area contributed by atoms with Crippen LogP contribution in [0.15, 0.2) is 83.9 Å². The van der Waals surface area contributed by atoms with E-state index in [9.17, 15) is 9.90 Å². The molecular weight excluding hydrogens is 336 g/mol. The summed E-state index contributed by atoms with van der Waals surface area (Å²) in [5, 5.41) is 13.4. The van der Waals surface area contributed by atoms with Gasteiger partial charge in [0.2, 0.25) is 5.88 Å². The van der Waals surface area contributed by atoms with Gasteiger partial charge in [0.05, 0.1) is 28.6 Å². The second-order valence-electron chi connectivity index (χ2n) is 6.60. The number of hydrogen-bond acceptors (Lipinski definition) is 2. The average molecular weight is 352 g/mol. The lowest BCUT2D eigenvalue weighted by molar-refractivity contribution is -0.112. The quantitative estimate of drug-likeness (QED) is 0.616. The first-order valence-electron chi connectivity index (χ1n) is 8.81. The zero-order valence-corrected chi connectivity index (χ0v) is 14.5. The maximum atomic E-state index is 12.7. The third-order valence-corrected chi connectivity index (χ3v) is 4.99. The minimum atomic E-state index is -0.311. The van der Waals surface area contributed by atoms with Crippen LogP contribution >= 0.6 is 0 Å². The Hall–Kier alpha value is -3.66. The molecule has 0 saturated heterocycles. The molecule has 0 spiro atoms. The van der Waals surface area contributed by atoms with Crippen molar-refractivity contribution in [1.82, 2.24) is 4.57 Å². The second-order valence-corrected chi connectivity index (χ2v) is 6.60. The van der Waals surface area contributed by atoms with Gasteiger partial charge in [-0.05, 0) is 17.7 Å². The van der Waals surface area contributed by atoms with Gasteiger partial charge in [0.1, 0.15) is 0 Å². The van der Waals surface area contributed by atoms with Crippen molar-refractivity contribution in [3.05, 3.63) is 101 Å². The van der Waals surface area contributed by atoms with Gasteiger partial charge in [-0.15, -0.1) is 0 Å². The van der Waals surface area contributed by atoms with E-state index in [-0.39, 0.29) is 11.8 Å². The molecule has 0 radical (unpaired) electrons. The van der Waals surface area contributed by atoms with Gasteiger partial charge < -0.3 is 9.67 Å². The van der Waals surface area contributed by atoms with E-state index >= 15 is 0 Å². The lowest BCUT2D eigenvalue weighted by Crippen LogP contribution is -2.22. The predicted octanol–water partition coefficient (Wildman–Crippen LogP) is 2.75. The Labute approximate surface area is 155 Å². The van der Waals surface area contributed by atoms with Crippen LogP contribution in [0.5, 0.6) is 5.88 Å². The van der Waals surface area contributed by atoms with E-state index < -0.39 is 0 Å². The summed E-state index contributed by atoms with van der Waals surface area (Å²) in [4.78, 5) is 16.8. The summed E-state index contributed by atoms with van der Waals surface area (Å²) in [6.07, 6.45) is 0. The summed E-state index contributed by atoms with van der Waals surface area (Å²) in [7, 11) is 0. The zero-order chi connectivity index (χ0) is 18.4. The molecule has 1 aliphatic heterocycles. The lowest BCUT2D eigenvalue weighted by Gasteiger charge is -2.07.